The summed E-state index contributed by atoms with van der Waals surface area (Å²) in [5.74, 6) is 0.611. The summed E-state index contributed by atoms with van der Waals surface area (Å²) in [6.45, 7) is 11.1. The smallest absolute Gasteiger partial charge is 0.325 e. The lowest BCUT2D eigenvalue weighted by molar-refractivity contribution is -0.150. The minimum absolute atomic E-state index is 0.0136. The summed E-state index contributed by atoms with van der Waals surface area (Å²) >= 11 is 0. The van der Waals surface area contributed by atoms with Gasteiger partial charge in [0.25, 0.3) is 5.56 Å². The maximum Gasteiger partial charge on any atom is 0.325 e. The molecule has 0 aliphatic heterocycles. The molecule has 0 aliphatic carbocycles. The number of carbonyl (C=O) groups is 1. The normalized spacial score (nSPS) is 13.3. The average Bonchev–Trinajstić information content (AvgIpc) is 3.18. The van der Waals surface area contributed by atoms with Crippen molar-refractivity contribution in [1.29, 1.82) is 0 Å². The van der Waals surface area contributed by atoms with E-state index in [0.29, 0.717) is 18.7 Å². The van der Waals surface area contributed by atoms with Gasteiger partial charge >= 0.3 is 5.97 Å². The maximum atomic E-state index is 12.4. The SMILES string of the molecule is CCCCCn1c(-c2cc(C)c(=O)n(C)c2)nc2cc(CNC(C(=O)OCC(C)C)C(C)O)ccc21. The molecular weight excluding hydrogens is 456 g/mol. The second-order valence-corrected chi connectivity index (χ2v) is 10.1. The number of imidazole rings is 1. The first-order valence-corrected chi connectivity index (χ1v) is 12.9. The highest BCUT2D eigenvalue weighted by Gasteiger charge is 2.25. The predicted molar refractivity (Wildman–Crippen MR) is 143 cm³/mol. The van der Waals surface area contributed by atoms with Crippen molar-refractivity contribution in [1.82, 2.24) is 19.4 Å². The molecule has 0 spiro atoms. The van der Waals surface area contributed by atoms with Crippen molar-refractivity contribution in [2.75, 3.05) is 6.61 Å². The number of carbonyl (C=O) groups excluding carboxylic acids is 1. The van der Waals surface area contributed by atoms with Gasteiger partial charge in [0.2, 0.25) is 0 Å². The molecule has 2 N–H and O–H groups in total. The number of nitrogens with zero attached hydrogens (tertiary/aromatic N) is 3. The molecule has 36 heavy (non-hydrogen) atoms. The van der Waals surface area contributed by atoms with Crippen LogP contribution in [0.4, 0.5) is 0 Å². The zero-order chi connectivity index (χ0) is 26.4. The third-order valence-corrected chi connectivity index (χ3v) is 6.24. The molecule has 3 aromatic rings. The second-order valence-electron chi connectivity index (χ2n) is 10.1. The highest BCUT2D eigenvalue weighted by molar-refractivity contribution is 5.81. The fraction of sp³-hybridized carbons (Fsp3) is 0.536. The Morgan fingerprint density at radius 2 is 1.94 bits per heavy atom. The van der Waals surface area contributed by atoms with Gasteiger partial charge in [0.15, 0.2) is 0 Å². The minimum Gasteiger partial charge on any atom is -0.464 e. The van der Waals surface area contributed by atoms with Crippen LogP contribution in [0.5, 0.6) is 0 Å². The summed E-state index contributed by atoms with van der Waals surface area (Å²) in [6, 6.07) is 7.17. The number of hydrogen-bond acceptors (Lipinski definition) is 6. The number of aliphatic hydroxyl groups excluding tert-OH is 1. The number of ether oxygens (including phenoxy) is 1. The number of nitrogens with one attached hydrogen (secondary N) is 1. The van der Waals surface area contributed by atoms with Crippen molar-refractivity contribution < 1.29 is 14.6 Å². The number of rotatable bonds is 12. The molecule has 1 aromatic carbocycles. The molecule has 2 atom stereocenters. The van der Waals surface area contributed by atoms with Crippen molar-refractivity contribution in [2.45, 2.75) is 79.1 Å². The molecule has 0 saturated heterocycles. The number of benzene rings is 1. The minimum atomic E-state index is -0.884. The predicted octanol–water partition coefficient (Wildman–Crippen LogP) is 3.94. The summed E-state index contributed by atoms with van der Waals surface area (Å²) < 4.78 is 9.15. The van der Waals surface area contributed by atoms with E-state index in [1.54, 1.807) is 18.5 Å². The average molecular weight is 497 g/mol. The lowest BCUT2D eigenvalue weighted by Crippen LogP contribution is -2.45. The Labute approximate surface area is 213 Å². The Morgan fingerprint density at radius 1 is 1.19 bits per heavy atom. The number of pyridine rings is 1. The van der Waals surface area contributed by atoms with Crippen LogP contribution in [0.25, 0.3) is 22.4 Å². The van der Waals surface area contributed by atoms with Crippen LogP contribution >= 0.6 is 0 Å². The number of aromatic nitrogens is 3. The van der Waals surface area contributed by atoms with Gasteiger partial charge < -0.3 is 19.0 Å². The van der Waals surface area contributed by atoms with Gasteiger partial charge in [0.05, 0.1) is 23.7 Å². The molecule has 3 rings (SSSR count). The Balaban J connectivity index is 1.91. The Morgan fingerprint density at radius 3 is 2.58 bits per heavy atom. The molecular formula is C28H40N4O4. The van der Waals surface area contributed by atoms with Crippen molar-refractivity contribution >= 4 is 17.0 Å². The Hall–Kier alpha value is -2.97. The molecule has 8 heteroatoms. The van der Waals surface area contributed by atoms with E-state index in [4.69, 9.17) is 9.72 Å². The van der Waals surface area contributed by atoms with Crippen LogP contribution in [0.2, 0.25) is 0 Å². The van der Waals surface area contributed by atoms with Gasteiger partial charge in [-0.3, -0.25) is 14.9 Å². The van der Waals surface area contributed by atoms with Gasteiger partial charge in [-0.25, -0.2) is 4.98 Å². The van der Waals surface area contributed by atoms with E-state index in [9.17, 15) is 14.7 Å². The maximum absolute atomic E-state index is 12.4. The monoisotopic (exact) mass is 496 g/mol. The van der Waals surface area contributed by atoms with Crippen LogP contribution in [0.1, 0.15) is 58.1 Å². The zero-order valence-corrected chi connectivity index (χ0v) is 22.4. The first-order chi connectivity index (χ1) is 17.1. The highest BCUT2D eigenvalue weighted by Crippen LogP contribution is 2.26. The van der Waals surface area contributed by atoms with Gasteiger partial charge in [-0.1, -0.05) is 39.7 Å². The summed E-state index contributed by atoms with van der Waals surface area (Å²) in [4.78, 5) is 29.6. The molecule has 0 fully saturated rings. The summed E-state index contributed by atoms with van der Waals surface area (Å²) in [6.07, 6.45) is 4.25. The van der Waals surface area contributed by atoms with Gasteiger partial charge in [-0.2, -0.15) is 0 Å². The molecule has 196 valence electrons. The standard InChI is InChI=1S/C28H40N4O4/c1-7-8-9-12-32-24-11-10-21(15-29-25(20(5)33)28(35)36-17-18(2)3)14-23(24)30-26(32)22-13-19(4)27(34)31(6)16-22/h10-11,13-14,16,18,20,25,29,33H,7-9,12,15,17H2,1-6H3. The largest absolute Gasteiger partial charge is 0.464 e. The number of fused-ring (bicyclic) bond motifs is 1. The van der Waals surface area contributed by atoms with E-state index in [0.717, 1.165) is 53.8 Å². The molecule has 0 saturated carbocycles. The van der Waals surface area contributed by atoms with E-state index in [1.165, 1.54) is 0 Å². The van der Waals surface area contributed by atoms with E-state index in [2.05, 4.69) is 22.9 Å². The van der Waals surface area contributed by atoms with Gasteiger partial charge in [0, 0.05) is 37.5 Å². The molecule has 0 radical (unpaired) electrons. The van der Waals surface area contributed by atoms with Gasteiger partial charge in [-0.05, 0) is 49.9 Å². The number of unbranched alkanes of at least 4 members (excludes halogenated alkanes) is 2. The second kappa shape index (κ2) is 12.3. The van der Waals surface area contributed by atoms with Gasteiger partial charge in [-0.15, -0.1) is 0 Å². The quantitative estimate of drug-likeness (QED) is 0.291. The van der Waals surface area contributed by atoms with Crippen LogP contribution in [-0.4, -0.2) is 43.9 Å². The Bertz CT molecular complexity index is 1220. The van der Waals surface area contributed by atoms with E-state index < -0.39 is 18.1 Å². The molecule has 0 amide bonds. The topological polar surface area (TPSA) is 98.4 Å². The molecule has 8 nitrogen and oxygen atoms in total. The third kappa shape index (κ3) is 6.62. The number of esters is 1. The molecule has 0 aliphatic rings. The number of aryl methyl sites for hydroxylation is 3. The van der Waals surface area contributed by atoms with Crippen molar-refractivity contribution in [2.24, 2.45) is 13.0 Å². The van der Waals surface area contributed by atoms with Crippen LogP contribution < -0.4 is 10.9 Å². The van der Waals surface area contributed by atoms with Gasteiger partial charge in [0.1, 0.15) is 11.9 Å². The Kier molecular flexibility index (Phi) is 9.45. The summed E-state index contributed by atoms with van der Waals surface area (Å²) in [7, 11) is 1.76. The van der Waals surface area contributed by atoms with Crippen LogP contribution in [-0.2, 0) is 29.7 Å². The number of hydrogen-bond donors (Lipinski definition) is 2. The third-order valence-electron chi connectivity index (χ3n) is 6.24. The summed E-state index contributed by atoms with van der Waals surface area (Å²) in [5, 5.41) is 13.3. The lowest BCUT2D eigenvalue weighted by atomic mass is 10.1. The molecule has 2 unspecified atom stereocenters. The van der Waals surface area contributed by atoms with Crippen molar-refractivity contribution in [3.63, 3.8) is 0 Å². The first kappa shape index (κ1) is 27.6. The number of aliphatic hydroxyl groups is 1. The van der Waals surface area contributed by atoms with E-state index >= 15 is 0 Å². The zero-order valence-electron chi connectivity index (χ0n) is 22.4. The lowest BCUT2D eigenvalue weighted by Gasteiger charge is -2.20. The fourth-order valence-electron chi connectivity index (χ4n) is 4.27. The summed E-state index contributed by atoms with van der Waals surface area (Å²) in [5.41, 5.74) is 4.40. The van der Waals surface area contributed by atoms with E-state index in [-0.39, 0.29) is 11.5 Å². The van der Waals surface area contributed by atoms with Crippen LogP contribution in [0, 0.1) is 12.8 Å². The van der Waals surface area contributed by atoms with Crippen LogP contribution in [0.15, 0.2) is 35.3 Å². The first-order valence-electron chi connectivity index (χ1n) is 12.9. The van der Waals surface area contributed by atoms with E-state index in [1.807, 2.05) is 45.2 Å². The fourth-order valence-corrected chi connectivity index (χ4v) is 4.27. The molecule has 2 aromatic heterocycles. The van der Waals surface area contributed by atoms with Crippen molar-refractivity contribution in [3.05, 3.63) is 51.9 Å². The molecule has 2 heterocycles. The van der Waals surface area contributed by atoms with Crippen LogP contribution in [0.3, 0.4) is 0 Å². The van der Waals surface area contributed by atoms with Crippen molar-refractivity contribution in [3.8, 4) is 11.4 Å². The highest BCUT2D eigenvalue weighted by atomic mass is 16.5. The molecule has 0 bridgehead atoms.